The van der Waals surface area contributed by atoms with Crippen LogP contribution in [0.4, 0.5) is 0 Å². The number of carbonyl (C=O) groups excluding carboxylic acids is 1. The van der Waals surface area contributed by atoms with Crippen molar-refractivity contribution in [3.8, 4) is 5.75 Å². The lowest BCUT2D eigenvalue weighted by molar-refractivity contribution is 0.0951. The molecule has 0 aromatic heterocycles. The third-order valence-electron chi connectivity index (χ3n) is 3.43. The number of rotatable bonds is 2. The number of phenolic OH excluding ortho intramolecular Hbond substituents is 1. The van der Waals surface area contributed by atoms with Gasteiger partial charge >= 0.3 is 0 Å². The minimum absolute atomic E-state index is 0.0406. The van der Waals surface area contributed by atoms with Gasteiger partial charge in [-0.05, 0) is 39.8 Å². The van der Waals surface area contributed by atoms with Crippen LogP contribution in [0.3, 0.4) is 0 Å². The number of nitrogens with zero attached hydrogens (tertiary/aromatic N) is 1. The van der Waals surface area contributed by atoms with E-state index in [0.29, 0.717) is 0 Å². The maximum atomic E-state index is 12.0. The van der Waals surface area contributed by atoms with Crippen LogP contribution in [0.25, 0.3) is 0 Å². The zero-order chi connectivity index (χ0) is 15.7. The molecule has 1 aliphatic heterocycles. The Balaban J connectivity index is 2.10. The Morgan fingerprint density at radius 3 is 2.33 bits per heavy atom. The first-order chi connectivity index (χ1) is 9.69. The molecule has 1 fully saturated rings. The summed E-state index contributed by atoms with van der Waals surface area (Å²) in [7, 11) is 0. The smallest absolute Gasteiger partial charge is 0.275 e. The molecule has 1 aromatic carbocycles. The second kappa shape index (κ2) is 5.48. The largest absolute Gasteiger partial charge is 0.507 e. The molecule has 1 amide bonds. The maximum Gasteiger partial charge on any atom is 0.275 e. The lowest BCUT2D eigenvalue weighted by atomic mass is 9.81. The van der Waals surface area contributed by atoms with Crippen LogP contribution in [0.2, 0.25) is 0 Å². The van der Waals surface area contributed by atoms with E-state index in [1.54, 1.807) is 18.2 Å². The van der Waals surface area contributed by atoms with E-state index in [0.717, 1.165) is 18.6 Å². The van der Waals surface area contributed by atoms with Crippen LogP contribution in [0.1, 0.15) is 50.9 Å². The summed E-state index contributed by atoms with van der Waals surface area (Å²) in [5, 5.41) is 17.5. The van der Waals surface area contributed by atoms with E-state index in [9.17, 15) is 9.90 Å². The standard InChI is InChI=1S/C16H23N3O2/c1-15(2)9-11(10-16(3,4)19-15)17-18-14(21)12-7-5-6-8-13(12)20/h5-8,19-20H,9-10H2,1-4H3,(H,18,21). The Hall–Kier alpha value is -1.88. The summed E-state index contributed by atoms with van der Waals surface area (Å²) >= 11 is 0. The maximum absolute atomic E-state index is 12.0. The molecule has 114 valence electrons. The zero-order valence-corrected chi connectivity index (χ0v) is 13.0. The van der Waals surface area contributed by atoms with Crippen molar-refractivity contribution < 1.29 is 9.90 Å². The lowest BCUT2D eigenvalue weighted by Gasteiger charge is -2.43. The Labute approximate surface area is 125 Å². The number of amides is 1. The summed E-state index contributed by atoms with van der Waals surface area (Å²) in [4.78, 5) is 12.0. The quantitative estimate of drug-likeness (QED) is 0.732. The second-order valence-electron chi connectivity index (χ2n) is 6.88. The zero-order valence-electron chi connectivity index (χ0n) is 13.0. The minimum Gasteiger partial charge on any atom is -0.507 e. The summed E-state index contributed by atoms with van der Waals surface area (Å²) in [6, 6.07) is 6.44. The van der Waals surface area contributed by atoms with Crippen LogP contribution in [-0.4, -0.2) is 27.8 Å². The Morgan fingerprint density at radius 2 is 1.76 bits per heavy atom. The molecule has 5 nitrogen and oxygen atoms in total. The van der Waals surface area contributed by atoms with Gasteiger partial charge in [0.25, 0.3) is 5.91 Å². The van der Waals surface area contributed by atoms with Crippen LogP contribution in [0, 0.1) is 0 Å². The van der Waals surface area contributed by atoms with Gasteiger partial charge in [-0.25, -0.2) is 5.43 Å². The normalized spacial score (nSPS) is 19.9. The van der Waals surface area contributed by atoms with Crippen LogP contribution >= 0.6 is 0 Å². The van der Waals surface area contributed by atoms with Gasteiger partial charge in [-0.1, -0.05) is 12.1 Å². The van der Waals surface area contributed by atoms with E-state index in [1.165, 1.54) is 6.07 Å². The molecule has 0 spiro atoms. The van der Waals surface area contributed by atoms with Gasteiger partial charge in [-0.2, -0.15) is 5.10 Å². The fourth-order valence-electron chi connectivity index (χ4n) is 3.02. The number of para-hydroxylation sites is 1. The molecule has 0 saturated carbocycles. The fourth-order valence-corrected chi connectivity index (χ4v) is 3.02. The second-order valence-corrected chi connectivity index (χ2v) is 6.88. The van der Waals surface area contributed by atoms with Crippen LogP contribution < -0.4 is 10.7 Å². The van der Waals surface area contributed by atoms with Gasteiger partial charge in [0.1, 0.15) is 5.75 Å². The number of aromatic hydroxyl groups is 1. The van der Waals surface area contributed by atoms with Crippen molar-refractivity contribution in [3.05, 3.63) is 29.8 Å². The summed E-state index contributed by atoms with van der Waals surface area (Å²) < 4.78 is 0. The lowest BCUT2D eigenvalue weighted by Crippen LogP contribution is -2.58. The molecule has 0 radical (unpaired) electrons. The van der Waals surface area contributed by atoms with Crippen molar-refractivity contribution in [3.63, 3.8) is 0 Å². The number of benzene rings is 1. The molecule has 0 atom stereocenters. The number of carbonyl (C=O) groups is 1. The Morgan fingerprint density at radius 1 is 1.19 bits per heavy atom. The topological polar surface area (TPSA) is 73.7 Å². The highest BCUT2D eigenvalue weighted by atomic mass is 16.3. The van der Waals surface area contributed by atoms with Crippen molar-refractivity contribution in [1.82, 2.24) is 10.7 Å². The molecule has 1 aromatic rings. The SMILES string of the molecule is CC1(C)CC(=NNC(=O)c2ccccc2O)CC(C)(C)N1. The molecule has 0 bridgehead atoms. The van der Waals surface area contributed by atoms with Gasteiger partial charge in [0, 0.05) is 29.6 Å². The average Bonchev–Trinajstić information content (AvgIpc) is 2.33. The molecule has 5 heteroatoms. The van der Waals surface area contributed by atoms with Gasteiger partial charge in [-0.15, -0.1) is 0 Å². The third-order valence-corrected chi connectivity index (χ3v) is 3.43. The molecule has 21 heavy (non-hydrogen) atoms. The third kappa shape index (κ3) is 4.04. The Kier molecular flexibility index (Phi) is 4.05. The van der Waals surface area contributed by atoms with E-state index in [1.807, 2.05) is 0 Å². The minimum atomic E-state index is -0.394. The monoisotopic (exact) mass is 289 g/mol. The number of phenols is 1. The van der Waals surface area contributed by atoms with Crippen molar-refractivity contribution in [2.75, 3.05) is 0 Å². The highest BCUT2D eigenvalue weighted by Gasteiger charge is 2.35. The predicted octanol–water partition coefficient (Wildman–Crippen LogP) is 2.42. The van der Waals surface area contributed by atoms with Gasteiger partial charge in [-0.3, -0.25) is 4.79 Å². The molecule has 1 heterocycles. The summed E-state index contributed by atoms with van der Waals surface area (Å²) in [6.45, 7) is 8.48. The number of nitrogens with one attached hydrogen (secondary N) is 2. The van der Waals surface area contributed by atoms with Gasteiger partial charge in [0.05, 0.1) is 5.56 Å². The van der Waals surface area contributed by atoms with Crippen molar-refractivity contribution in [2.24, 2.45) is 5.10 Å². The van der Waals surface area contributed by atoms with E-state index in [2.05, 4.69) is 43.5 Å². The first kappa shape index (κ1) is 15.5. The van der Waals surface area contributed by atoms with Crippen LogP contribution in [-0.2, 0) is 0 Å². The van der Waals surface area contributed by atoms with E-state index >= 15 is 0 Å². The molecule has 1 aliphatic rings. The van der Waals surface area contributed by atoms with E-state index in [4.69, 9.17) is 0 Å². The number of hydrogen-bond acceptors (Lipinski definition) is 4. The number of hydrazone groups is 1. The van der Waals surface area contributed by atoms with Crippen LogP contribution in [0.15, 0.2) is 29.4 Å². The first-order valence-corrected chi connectivity index (χ1v) is 7.12. The number of piperidine rings is 1. The molecular weight excluding hydrogens is 266 g/mol. The molecular formula is C16H23N3O2. The fraction of sp³-hybridized carbons (Fsp3) is 0.500. The van der Waals surface area contributed by atoms with Crippen molar-refractivity contribution >= 4 is 11.6 Å². The van der Waals surface area contributed by atoms with E-state index < -0.39 is 5.91 Å². The first-order valence-electron chi connectivity index (χ1n) is 7.12. The van der Waals surface area contributed by atoms with Gasteiger partial charge < -0.3 is 10.4 Å². The molecule has 0 unspecified atom stereocenters. The van der Waals surface area contributed by atoms with Gasteiger partial charge in [0.15, 0.2) is 0 Å². The Bertz CT molecular complexity index is 559. The average molecular weight is 289 g/mol. The van der Waals surface area contributed by atoms with Crippen molar-refractivity contribution in [2.45, 2.75) is 51.6 Å². The molecule has 0 aliphatic carbocycles. The summed E-state index contributed by atoms with van der Waals surface area (Å²) in [5.41, 5.74) is 3.62. The van der Waals surface area contributed by atoms with Crippen LogP contribution in [0.5, 0.6) is 5.75 Å². The predicted molar refractivity (Wildman–Crippen MR) is 83.5 cm³/mol. The summed E-state index contributed by atoms with van der Waals surface area (Å²) in [6.07, 6.45) is 1.55. The molecule has 2 rings (SSSR count). The number of hydrogen-bond donors (Lipinski definition) is 3. The molecule has 1 saturated heterocycles. The molecule has 3 N–H and O–H groups in total. The highest BCUT2D eigenvalue weighted by molar-refractivity contribution is 5.98. The summed E-state index contributed by atoms with van der Waals surface area (Å²) in [5.74, 6) is -0.434. The van der Waals surface area contributed by atoms with Gasteiger partial charge in [0.2, 0.25) is 0 Å². The van der Waals surface area contributed by atoms with Crippen molar-refractivity contribution in [1.29, 1.82) is 0 Å². The highest BCUT2D eigenvalue weighted by Crippen LogP contribution is 2.26. The van der Waals surface area contributed by atoms with E-state index in [-0.39, 0.29) is 22.4 Å².